The molecule has 0 spiro atoms. The number of carbonyl (C=O) groups excluding carboxylic acids is 2. The third-order valence-corrected chi connectivity index (χ3v) is 6.47. The van der Waals surface area contributed by atoms with Gasteiger partial charge in [0.25, 0.3) is 11.8 Å². The summed E-state index contributed by atoms with van der Waals surface area (Å²) >= 11 is 0. The molecular formula is C30H44N2O6. The minimum absolute atomic E-state index is 0.139. The molecule has 0 saturated heterocycles. The van der Waals surface area contributed by atoms with Crippen LogP contribution >= 0.6 is 0 Å². The summed E-state index contributed by atoms with van der Waals surface area (Å²) < 4.78 is 21.2. The fourth-order valence-electron chi connectivity index (χ4n) is 4.39. The van der Waals surface area contributed by atoms with Crippen molar-refractivity contribution in [3.8, 4) is 23.0 Å². The van der Waals surface area contributed by atoms with Crippen molar-refractivity contribution in [3.05, 3.63) is 47.5 Å². The quantitative estimate of drug-likeness (QED) is 0.224. The van der Waals surface area contributed by atoms with Crippen molar-refractivity contribution in [2.24, 2.45) is 0 Å². The molecule has 0 unspecified atom stereocenters. The normalized spacial score (nSPS) is 10.5. The van der Waals surface area contributed by atoms with Crippen molar-refractivity contribution >= 4 is 11.8 Å². The van der Waals surface area contributed by atoms with Crippen LogP contribution in [0, 0.1) is 0 Å². The van der Waals surface area contributed by atoms with Gasteiger partial charge < -0.3 is 29.6 Å². The second kappa shape index (κ2) is 17.9. The maximum absolute atomic E-state index is 12.5. The van der Waals surface area contributed by atoms with Crippen LogP contribution in [0.2, 0.25) is 0 Å². The maximum atomic E-state index is 12.5. The number of hydrogen-bond donors (Lipinski definition) is 2. The fraction of sp³-hybridized carbons (Fsp3) is 0.533. The fourth-order valence-corrected chi connectivity index (χ4v) is 4.39. The predicted molar refractivity (Wildman–Crippen MR) is 150 cm³/mol. The average molecular weight is 529 g/mol. The van der Waals surface area contributed by atoms with Gasteiger partial charge in [0.05, 0.1) is 39.6 Å². The van der Waals surface area contributed by atoms with Crippen molar-refractivity contribution < 1.29 is 28.5 Å². The largest absolute Gasteiger partial charge is 0.493 e. The molecule has 0 aliphatic carbocycles. The number of nitrogens with one attached hydrogen (secondary N) is 2. The second-order valence-corrected chi connectivity index (χ2v) is 9.13. The highest BCUT2D eigenvalue weighted by molar-refractivity contribution is 5.98. The number of carbonyl (C=O) groups is 2. The van der Waals surface area contributed by atoms with Gasteiger partial charge in [0.2, 0.25) is 0 Å². The van der Waals surface area contributed by atoms with Gasteiger partial charge in [-0.15, -0.1) is 0 Å². The number of ether oxygens (including phenoxy) is 4. The molecule has 0 saturated carbocycles. The van der Waals surface area contributed by atoms with Gasteiger partial charge in [-0.2, -0.15) is 0 Å². The van der Waals surface area contributed by atoms with E-state index in [4.69, 9.17) is 18.9 Å². The first-order valence-electron chi connectivity index (χ1n) is 13.6. The minimum atomic E-state index is -0.139. The van der Waals surface area contributed by atoms with E-state index in [1.807, 2.05) is 0 Å². The van der Waals surface area contributed by atoms with Gasteiger partial charge >= 0.3 is 0 Å². The van der Waals surface area contributed by atoms with Crippen LogP contribution in [0.4, 0.5) is 0 Å². The van der Waals surface area contributed by atoms with Crippen molar-refractivity contribution in [3.63, 3.8) is 0 Å². The number of para-hydroxylation sites is 2. The van der Waals surface area contributed by atoms with E-state index >= 15 is 0 Å². The van der Waals surface area contributed by atoms with Gasteiger partial charge in [-0.05, 0) is 37.1 Å². The molecular weight excluding hydrogens is 484 g/mol. The smallest absolute Gasteiger partial charge is 0.255 e. The number of rotatable bonds is 19. The highest BCUT2D eigenvalue weighted by Gasteiger charge is 2.16. The van der Waals surface area contributed by atoms with Gasteiger partial charge in [0.15, 0.2) is 23.0 Å². The van der Waals surface area contributed by atoms with Crippen molar-refractivity contribution in [2.45, 2.75) is 64.2 Å². The Morgan fingerprint density at radius 1 is 0.526 bits per heavy atom. The van der Waals surface area contributed by atoms with Crippen LogP contribution in [0.3, 0.4) is 0 Å². The van der Waals surface area contributed by atoms with Crippen LogP contribution in [0.25, 0.3) is 0 Å². The zero-order chi connectivity index (χ0) is 27.6. The Kier molecular flexibility index (Phi) is 14.5. The Labute approximate surface area is 227 Å². The summed E-state index contributed by atoms with van der Waals surface area (Å²) in [6.45, 7) is 1.31. The van der Waals surface area contributed by atoms with Crippen LogP contribution < -0.4 is 29.6 Å². The molecule has 38 heavy (non-hydrogen) atoms. The van der Waals surface area contributed by atoms with Gasteiger partial charge in [-0.3, -0.25) is 9.59 Å². The topological polar surface area (TPSA) is 95.1 Å². The summed E-state index contributed by atoms with van der Waals surface area (Å²) in [7, 11) is 6.20. The number of hydrogen-bond acceptors (Lipinski definition) is 6. The Balaban J connectivity index is 1.46. The molecule has 0 radical (unpaired) electrons. The molecule has 2 rings (SSSR count). The van der Waals surface area contributed by atoms with E-state index in [0.717, 1.165) is 25.7 Å². The lowest BCUT2D eigenvalue weighted by molar-refractivity contribution is 0.0941. The molecule has 8 heteroatoms. The minimum Gasteiger partial charge on any atom is -0.493 e. The Hall–Kier alpha value is -3.42. The lowest BCUT2D eigenvalue weighted by atomic mass is 10.1. The third kappa shape index (κ3) is 9.80. The molecule has 210 valence electrons. The second-order valence-electron chi connectivity index (χ2n) is 9.13. The summed E-state index contributed by atoms with van der Waals surface area (Å²) in [5.74, 6) is 1.76. The number of amides is 2. The van der Waals surface area contributed by atoms with Crippen LogP contribution in [0.1, 0.15) is 84.9 Å². The molecule has 2 aromatic rings. The first-order valence-corrected chi connectivity index (χ1v) is 13.6. The van der Waals surface area contributed by atoms with Crippen molar-refractivity contribution in [1.29, 1.82) is 0 Å². The molecule has 2 aromatic carbocycles. The molecule has 0 aliphatic rings. The summed E-state index contributed by atoms with van der Waals surface area (Å²) in [4.78, 5) is 24.9. The van der Waals surface area contributed by atoms with E-state index in [9.17, 15) is 9.59 Å². The Morgan fingerprint density at radius 2 is 0.868 bits per heavy atom. The Bertz CT molecular complexity index is 915. The summed E-state index contributed by atoms with van der Waals surface area (Å²) in [6.07, 6.45) is 11.4. The third-order valence-electron chi connectivity index (χ3n) is 6.47. The van der Waals surface area contributed by atoms with E-state index in [1.54, 1.807) is 50.6 Å². The number of methoxy groups -OCH3 is 4. The van der Waals surface area contributed by atoms with Crippen LogP contribution in [-0.2, 0) is 0 Å². The van der Waals surface area contributed by atoms with Crippen molar-refractivity contribution in [1.82, 2.24) is 10.6 Å². The first-order chi connectivity index (χ1) is 18.6. The van der Waals surface area contributed by atoms with E-state index in [-0.39, 0.29) is 11.8 Å². The molecule has 0 aromatic heterocycles. The number of unbranched alkanes of at least 4 members (excludes halogenated alkanes) is 9. The van der Waals surface area contributed by atoms with Gasteiger partial charge in [-0.25, -0.2) is 0 Å². The van der Waals surface area contributed by atoms with Gasteiger partial charge in [0, 0.05) is 13.1 Å². The number of benzene rings is 2. The van der Waals surface area contributed by atoms with Crippen LogP contribution in [0.15, 0.2) is 36.4 Å². The van der Waals surface area contributed by atoms with Crippen LogP contribution in [0.5, 0.6) is 23.0 Å². The first kappa shape index (κ1) is 30.8. The highest BCUT2D eigenvalue weighted by atomic mass is 16.5. The van der Waals surface area contributed by atoms with E-state index in [0.29, 0.717) is 47.2 Å². The monoisotopic (exact) mass is 528 g/mol. The van der Waals surface area contributed by atoms with Crippen molar-refractivity contribution in [2.75, 3.05) is 41.5 Å². The molecule has 0 bridgehead atoms. The van der Waals surface area contributed by atoms with E-state index in [2.05, 4.69) is 10.6 Å². The summed E-state index contributed by atoms with van der Waals surface area (Å²) in [6, 6.07) is 10.6. The van der Waals surface area contributed by atoms with Gasteiger partial charge in [-0.1, -0.05) is 63.5 Å². The highest BCUT2D eigenvalue weighted by Crippen LogP contribution is 2.31. The molecule has 0 atom stereocenters. The summed E-state index contributed by atoms with van der Waals surface area (Å²) in [5.41, 5.74) is 0.984. The van der Waals surface area contributed by atoms with Gasteiger partial charge in [0.1, 0.15) is 0 Å². The molecule has 0 aliphatic heterocycles. The lowest BCUT2D eigenvalue weighted by Gasteiger charge is -2.12. The SMILES string of the molecule is COc1cccc(C(=O)NCCCCCCCCCCCCNC(=O)c2cccc(OC)c2OC)c1OC. The average Bonchev–Trinajstić information content (AvgIpc) is 2.95. The predicted octanol–water partition coefficient (Wildman–Crippen LogP) is 5.78. The lowest BCUT2D eigenvalue weighted by Crippen LogP contribution is -2.25. The maximum Gasteiger partial charge on any atom is 0.255 e. The van der Waals surface area contributed by atoms with E-state index < -0.39 is 0 Å². The summed E-state index contributed by atoms with van der Waals surface area (Å²) in [5, 5.41) is 5.95. The molecule has 2 amide bonds. The zero-order valence-electron chi connectivity index (χ0n) is 23.4. The Morgan fingerprint density at radius 3 is 1.18 bits per heavy atom. The molecule has 0 fully saturated rings. The standard InChI is InChI=1S/C30H44N2O6/c1-35-25-19-15-17-23(27(25)37-3)29(33)31-21-13-11-9-7-5-6-8-10-12-14-22-32-30(34)24-18-16-20-26(36-2)28(24)38-4/h15-20H,5-14,21-22H2,1-4H3,(H,31,33)(H,32,34). The van der Waals surface area contributed by atoms with Crippen LogP contribution in [-0.4, -0.2) is 53.3 Å². The molecule has 2 N–H and O–H groups in total. The van der Waals surface area contributed by atoms with E-state index in [1.165, 1.54) is 52.7 Å². The molecule has 8 nitrogen and oxygen atoms in total. The zero-order valence-corrected chi connectivity index (χ0v) is 23.4. The molecule has 0 heterocycles.